The Hall–Kier alpha value is -2.30. The van der Waals surface area contributed by atoms with E-state index in [4.69, 9.17) is 4.74 Å². The number of halogens is 3. The van der Waals surface area contributed by atoms with Crippen LogP contribution in [0.5, 0.6) is 0 Å². The smallest absolute Gasteiger partial charge is 0.366 e. The van der Waals surface area contributed by atoms with Gasteiger partial charge in [-0.05, 0) is 25.2 Å². The molecule has 0 aromatic carbocycles. The van der Waals surface area contributed by atoms with Gasteiger partial charge in [0.1, 0.15) is 6.61 Å². The maximum atomic E-state index is 13.0. The molecule has 30 heavy (non-hydrogen) atoms. The Labute approximate surface area is 171 Å². The van der Waals surface area contributed by atoms with E-state index in [2.05, 4.69) is 10.3 Å². The van der Waals surface area contributed by atoms with E-state index < -0.39 is 12.0 Å². The van der Waals surface area contributed by atoms with Gasteiger partial charge in [0, 0.05) is 50.5 Å². The molecule has 1 aromatic rings. The highest BCUT2D eigenvalue weighted by Gasteiger charge is 2.54. The topological polar surface area (TPSA) is 79.7 Å². The summed E-state index contributed by atoms with van der Waals surface area (Å²) in [6.45, 7) is 2.72. The number of urea groups is 1. The van der Waals surface area contributed by atoms with Crippen molar-refractivity contribution in [3.8, 4) is 0 Å². The van der Waals surface area contributed by atoms with Gasteiger partial charge in [0.2, 0.25) is 11.7 Å². The molecule has 3 aliphatic heterocycles. The largest absolute Gasteiger partial charge is 0.449 e. The lowest BCUT2D eigenvalue weighted by atomic mass is 9.57. The van der Waals surface area contributed by atoms with Gasteiger partial charge in [-0.2, -0.15) is 13.2 Å². The SMILES string of the molecule is O=C1CO[C@H]2CCN(C(=O)N3CC4(CC(Cn5ccnc5C(F)(F)F)C4)C3)C[C@H]2N1. The van der Waals surface area contributed by atoms with Gasteiger partial charge in [-0.25, -0.2) is 9.78 Å². The van der Waals surface area contributed by atoms with Gasteiger partial charge in [-0.15, -0.1) is 0 Å². The lowest BCUT2D eigenvalue weighted by Crippen LogP contribution is -2.68. The molecular formula is C19H24F3N5O3. The maximum absolute atomic E-state index is 13.0. The van der Waals surface area contributed by atoms with Gasteiger partial charge in [0.05, 0.1) is 12.1 Å². The van der Waals surface area contributed by atoms with Crippen molar-refractivity contribution in [1.29, 1.82) is 0 Å². The van der Waals surface area contributed by atoms with Crippen molar-refractivity contribution >= 4 is 11.9 Å². The second-order valence-electron chi connectivity index (χ2n) is 9.07. The normalized spacial score (nSPS) is 28.6. The van der Waals surface area contributed by atoms with Crippen molar-refractivity contribution in [3.63, 3.8) is 0 Å². The number of hydrogen-bond acceptors (Lipinski definition) is 4. The molecule has 4 heterocycles. The van der Waals surface area contributed by atoms with Crippen LogP contribution in [0, 0.1) is 11.3 Å². The number of ether oxygens (including phenoxy) is 1. The van der Waals surface area contributed by atoms with Gasteiger partial charge in [-0.3, -0.25) is 4.79 Å². The Morgan fingerprint density at radius 3 is 2.80 bits per heavy atom. The summed E-state index contributed by atoms with van der Waals surface area (Å²) in [7, 11) is 0. The van der Waals surface area contributed by atoms with E-state index in [0.717, 1.165) is 12.8 Å². The van der Waals surface area contributed by atoms with Gasteiger partial charge < -0.3 is 24.4 Å². The first-order chi connectivity index (χ1) is 14.2. The van der Waals surface area contributed by atoms with Crippen LogP contribution in [-0.4, -0.2) is 76.2 Å². The van der Waals surface area contributed by atoms with Gasteiger partial charge in [0.25, 0.3) is 0 Å². The number of alkyl halides is 3. The molecule has 2 atom stereocenters. The van der Waals surface area contributed by atoms with Crippen molar-refractivity contribution in [2.24, 2.45) is 11.3 Å². The number of piperidine rings is 1. The zero-order chi connectivity index (χ0) is 21.1. The molecule has 0 unspecified atom stereocenters. The van der Waals surface area contributed by atoms with Crippen LogP contribution in [0.2, 0.25) is 0 Å². The fourth-order valence-electron chi connectivity index (χ4n) is 5.52. The second-order valence-corrected chi connectivity index (χ2v) is 9.07. The van der Waals surface area contributed by atoms with Crippen molar-refractivity contribution < 1.29 is 27.5 Å². The number of nitrogens with zero attached hydrogens (tertiary/aromatic N) is 4. The number of nitrogens with one attached hydrogen (secondary N) is 1. The fraction of sp³-hybridized carbons (Fsp3) is 0.737. The molecule has 1 N–H and O–H groups in total. The maximum Gasteiger partial charge on any atom is 0.449 e. The monoisotopic (exact) mass is 427 g/mol. The predicted octanol–water partition coefficient (Wildman–Crippen LogP) is 1.32. The quantitative estimate of drug-likeness (QED) is 0.772. The highest BCUT2D eigenvalue weighted by molar-refractivity contribution is 5.79. The van der Waals surface area contributed by atoms with E-state index in [0.29, 0.717) is 39.1 Å². The Bertz CT molecular complexity index is 843. The molecule has 8 nitrogen and oxygen atoms in total. The van der Waals surface area contributed by atoms with Crippen molar-refractivity contribution in [2.45, 2.75) is 44.1 Å². The van der Waals surface area contributed by atoms with Crippen molar-refractivity contribution in [2.75, 3.05) is 32.8 Å². The standard InChI is InChI=1S/C19H24F3N5O3/c20-19(21,22)16-23-2-4-25(16)7-12-5-18(6-12)10-27(11-18)17(29)26-3-1-14-13(8-26)24-15(28)9-30-14/h2,4,12-14H,1,3,5-11H2,(H,24,28)/t13-,14+/m1/s1. The van der Waals surface area contributed by atoms with Crippen LogP contribution in [0.4, 0.5) is 18.0 Å². The Balaban J connectivity index is 1.10. The molecular weight excluding hydrogens is 403 g/mol. The molecule has 5 rings (SSSR count). The van der Waals surface area contributed by atoms with Crippen LogP contribution in [0.3, 0.4) is 0 Å². The average Bonchev–Trinajstić information content (AvgIpc) is 3.10. The Kier molecular flexibility index (Phi) is 4.49. The van der Waals surface area contributed by atoms with Gasteiger partial charge in [-0.1, -0.05) is 0 Å². The molecule has 0 bridgehead atoms. The van der Waals surface area contributed by atoms with E-state index in [1.165, 1.54) is 17.0 Å². The molecule has 1 saturated carbocycles. The summed E-state index contributed by atoms with van der Waals surface area (Å²) in [5.74, 6) is -0.834. The molecule has 1 aromatic heterocycles. The van der Waals surface area contributed by atoms with Crippen LogP contribution in [0.1, 0.15) is 25.1 Å². The lowest BCUT2D eigenvalue weighted by molar-refractivity contribution is -0.148. The van der Waals surface area contributed by atoms with E-state index in [1.54, 1.807) is 9.80 Å². The first-order valence-corrected chi connectivity index (χ1v) is 10.3. The van der Waals surface area contributed by atoms with E-state index in [-0.39, 0.29) is 42.0 Å². The van der Waals surface area contributed by atoms with Gasteiger partial charge in [0.15, 0.2) is 0 Å². The van der Waals surface area contributed by atoms with E-state index in [9.17, 15) is 22.8 Å². The minimum Gasteiger partial charge on any atom is -0.366 e. The number of hydrogen-bond donors (Lipinski definition) is 1. The molecule has 1 aliphatic carbocycles. The Morgan fingerprint density at radius 2 is 2.07 bits per heavy atom. The lowest BCUT2D eigenvalue weighted by Gasteiger charge is -2.60. The molecule has 3 saturated heterocycles. The molecule has 0 radical (unpaired) electrons. The summed E-state index contributed by atoms with van der Waals surface area (Å²) in [6, 6.07) is -0.193. The number of fused-ring (bicyclic) bond motifs is 1. The second kappa shape index (κ2) is 6.86. The first-order valence-electron chi connectivity index (χ1n) is 10.3. The highest BCUT2D eigenvalue weighted by atomic mass is 19.4. The summed E-state index contributed by atoms with van der Waals surface area (Å²) in [5, 5.41) is 2.89. The summed E-state index contributed by atoms with van der Waals surface area (Å²) >= 11 is 0. The number of amides is 3. The summed E-state index contributed by atoms with van der Waals surface area (Å²) in [6.07, 6.45) is 0.421. The average molecular weight is 427 g/mol. The van der Waals surface area contributed by atoms with E-state index >= 15 is 0 Å². The number of imidazole rings is 1. The molecule has 1 spiro atoms. The molecule has 4 aliphatic rings. The van der Waals surface area contributed by atoms with Gasteiger partial charge >= 0.3 is 12.2 Å². The molecule has 164 valence electrons. The zero-order valence-electron chi connectivity index (χ0n) is 16.4. The fourth-order valence-corrected chi connectivity index (χ4v) is 5.52. The third-order valence-corrected chi connectivity index (χ3v) is 6.79. The van der Waals surface area contributed by atoms with Crippen LogP contribution in [0.15, 0.2) is 12.4 Å². The third kappa shape index (κ3) is 3.42. The highest BCUT2D eigenvalue weighted by Crippen LogP contribution is 2.52. The van der Waals surface area contributed by atoms with Crippen LogP contribution >= 0.6 is 0 Å². The third-order valence-electron chi connectivity index (χ3n) is 6.79. The van der Waals surface area contributed by atoms with Crippen molar-refractivity contribution in [3.05, 3.63) is 18.2 Å². The number of aromatic nitrogens is 2. The number of carbonyl (C=O) groups excluding carboxylic acids is 2. The van der Waals surface area contributed by atoms with Crippen LogP contribution in [0.25, 0.3) is 0 Å². The van der Waals surface area contributed by atoms with Crippen LogP contribution < -0.4 is 5.32 Å². The first kappa shape index (κ1) is 19.7. The van der Waals surface area contributed by atoms with E-state index in [1.807, 2.05) is 0 Å². The predicted molar refractivity (Wildman–Crippen MR) is 97.2 cm³/mol. The zero-order valence-corrected chi connectivity index (χ0v) is 16.4. The van der Waals surface area contributed by atoms with Crippen LogP contribution in [-0.2, 0) is 22.3 Å². The Morgan fingerprint density at radius 1 is 1.30 bits per heavy atom. The molecule has 4 fully saturated rings. The minimum atomic E-state index is -4.44. The number of likely N-dealkylation sites (tertiary alicyclic amines) is 2. The number of morpholine rings is 1. The van der Waals surface area contributed by atoms with Crippen molar-refractivity contribution in [1.82, 2.24) is 24.7 Å². The number of rotatable bonds is 2. The summed E-state index contributed by atoms with van der Waals surface area (Å²) < 4.78 is 45.6. The number of carbonyl (C=O) groups is 2. The molecule has 3 amide bonds. The summed E-state index contributed by atoms with van der Waals surface area (Å²) in [4.78, 5) is 31.4. The molecule has 11 heteroatoms. The summed E-state index contributed by atoms with van der Waals surface area (Å²) in [5.41, 5.74) is 0.0415. The minimum absolute atomic E-state index is 0.0312.